The number of benzene rings is 1. The smallest absolute Gasteiger partial charge is 0.224 e. The molecule has 0 aliphatic rings. The molecule has 1 heterocycles. The summed E-state index contributed by atoms with van der Waals surface area (Å²) >= 11 is -2.15. The molecule has 2 atom stereocenters. The molecule has 0 spiro atoms. The number of carbonyl (C=O) groups is 1. The van der Waals surface area contributed by atoms with Crippen LogP contribution in [0.5, 0.6) is 0 Å². The fourth-order valence-electron chi connectivity index (χ4n) is 2.68. The molecule has 2 rings (SSSR count). The summed E-state index contributed by atoms with van der Waals surface area (Å²) in [6, 6.07) is 11.4. The Kier molecular flexibility index (Phi) is 7.50. The van der Waals surface area contributed by atoms with Crippen LogP contribution in [0.1, 0.15) is 49.6 Å². The number of carbonyl (C=O) groups excluding carboxylic acids is 1. The molecule has 0 aliphatic carbocycles. The van der Waals surface area contributed by atoms with Crippen molar-refractivity contribution in [3.8, 4) is 0 Å². The Morgan fingerprint density at radius 1 is 1.19 bits per heavy atom. The number of hydrogen-bond acceptors (Lipinski definition) is 5. The maximum absolute atomic E-state index is 12.3. The highest BCUT2D eigenvalue weighted by molar-refractivity contribution is 7.79. The minimum atomic E-state index is -2.15. The monoisotopic (exact) mass is 388 g/mol. The van der Waals surface area contributed by atoms with Gasteiger partial charge >= 0.3 is 0 Å². The van der Waals surface area contributed by atoms with E-state index in [2.05, 4.69) is 36.3 Å². The maximum Gasteiger partial charge on any atom is 0.224 e. The van der Waals surface area contributed by atoms with Crippen molar-refractivity contribution in [3.05, 3.63) is 59.4 Å². The van der Waals surface area contributed by atoms with Crippen molar-refractivity contribution in [1.29, 1.82) is 0 Å². The summed E-state index contributed by atoms with van der Waals surface area (Å²) in [5, 5.41) is 2.95. The van der Waals surface area contributed by atoms with E-state index < -0.39 is 11.1 Å². The highest BCUT2D eigenvalue weighted by Crippen LogP contribution is 2.17. The average Bonchev–Trinajstić information content (AvgIpc) is 2.61. The fourth-order valence-corrected chi connectivity index (χ4v) is 3.15. The summed E-state index contributed by atoms with van der Waals surface area (Å²) < 4.78 is 21.5. The molecule has 0 radical (unpaired) electrons. The summed E-state index contributed by atoms with van der Waals surface area (Å²) in [5.41, 5.74) is 3.65. The number of rotatable bonds is 8. The molecular weight excluding hydrogens is 362 g/mol. The molecule has 0 saturated carbocycles. The largest absolute Gasteiger partial charge is 0.771 e. The summed E-state index contributed by atoms with van der Waals surface area (Å²) in [6.45, 7) is 6.15. The van der Waals surface area contributed by atoms with Crippen LogP contribution in [-0.2, 0) is 22.3 Å². The van der Waals surface area contributed by atoms with Crippen molar-refractivity contribution >= 4 is 22.7 Å². The summed E-state index contributed by atoms with van der Waals surface area (Å²) in [6.07, 6.45) is 1.92. The number of amides is 1. The second-order valence-corrected chi connectivity index (χ2v) is 7.80. The number of pyridine rings is 1. The predicted octanol–water partition coefficient (Wildman–Crippen LogP) is 2.90. The van der Waals surface area contributed by atoms with Gasteiger partial charge in [0.25, 0.3) is 0 Å². The fraction of sp³-hybridized carbons (Fsp3) is 0.400. The SMILES string of the molecule is CC(C)c1ccc(CC(=O)N[C@H](C)c2ccc(N(C)CS(=O)[O-])cn2)cc1. The van der Waals surface area contributed by atoms with Crippen molar-refractivity contribution in [2.24, 2.45) is 0 Å². The van der Waals surface area contributed by atoms with Gasteiger partial charge in [0.1, 0.15) is 0 Å². The number of hydrogen-bond donors (Lipinski definition) is 1. The molecule has 1 unspecified atom stereocenters. The summed E-state index contributed by atoms with van der Waals surface area (Å²) in [7, 11) is 1.68. The lowest BCUT2D eigenvalue weighted by atomic mass is 10.0. The number of nitrogens with one attached hydrogen (secondary N) is 1. The molecule has 146 valence electrons. The molecule has 2 aromatic rings. The minimum absolute atomic E-state index is 0.0652. The van der Waals surface area contributed by atoms with Gasteiger partial charge in [-0.25, -0.2) is 0 Å². The molecule has 6 nitrogen and oxygen atoms in total. The second kappa shape index (κ2) is 9.62. The highest BCUT2D eigenvalue weighted by Gasteiger charge is 2.12. The van der Waals surface area contributed by atoms with Crippen LogP contribution in [0.15, 0.2) is 42.6 Å². The molecule has 0 bridgehead atoms. The molecule has 1 aromatic carbocycles. The third-order valence-corrected chi connectivity index (χ3v) is 4.94. The van der Waals surface area contributed by atoms with E-state index in [0.717, 1.165) is 11.3 Å². The highest BCUT2D eigenvalue weighted by atomic mass is 32.2. The van der Waals surface area contributed by atoms with Crippen molar-refractivity contribution in [2.45, 2.75) is 39.2 Å². The van der Waals surface area contributed by atoms with E-state index in [4.69, 9.17) is 0 Å². The van der Waals surface area contributed by atoms with E-state index in [9.17, 15) is 13.6 Å². The molecule has 0 fully saturated rings. The van der Waals surface area contributed by atoms with Crippen molar-refractivity contribution in [1.82, 2.24) is 10.3 Å². The zero-order valence-corrected chi connectivity index (χ0v) is 17.0. The molecule has 27 heavy (non-hydrogen) atoms. The maximum atomic E-state index is 12.3. The first-order valence-corrected chi connectivity index (χ1v) is 10.1. The Balaban J connectivity index is 1.92. The van der Waals surface area contributed by atoms with Crippen molar-refractivity contribution in [2.75, 3.05) is 17.8 Å². The first-order valence-electron chi connectivity index (χ1n) is 8.87. The second-order valence-electron chi connectivity index (χ2n) is 6.93. The van der Waals surface area contributed by atoms with Crippen LogP contribution in [0.3, 0.4) is 0 Å². The van der Waals surface area contributed by atoms with Gasteiger partial charge in [0.2, 0.25) is 5.91 Å². The van der Waals surface area contributed by atoms with Crippen LogP contribution in [0.25, 0.3) is 0 Å². The number of aromatic nitrogens is 1. The molecule has 1 aromatic heterocycles. The van der Waals surface area contributed by atoms with Gasteiger partial charge in [0.15, 0.2) is 0 Å². The Hall–Kier alpha value is -2.25. The van der Waals surface area contributed by atoms with Gasteiger partial charge < -0.3 is 14.8 Å². The van der Waals surface area contributed by atoms with Gasteiger partial charge in [0.05, 0.1) is 35.9 Å². The Bertz CT molecular complexity index is 776. The lowest BCUT2D eigenvalue weighted by molar-refractivity contribution is -0.121. The molecule has 1 amide bonds. The average molecular weight is 389 g/mol. The van der Waals surface area contributed by atoms with Crippen LogP contribution in [-0.4, -0.2) is 32.6 Å². The van der Waals surface area contributed by atoms with Crippen LogP contribution < -0.4 is 10.2 Å². The van der Waals surface area contributed by atoms with Crippen molar-refractivity contribution < 1.29 is 13.6 Å². The third-order valence-electron chi connectivity index (χ3n) is 4.34. The van der Waals surface area contributed by atoms with Gasteiger partial charge in [-0.1, -0.05) is 38.1 Å². The summed E-state index contributed by atoms with van der Waals surface area (Å²) in [5.74, 6) is 0.308. The lowest BCUT2D eigenvalue weighted by Gasteiger charge is -2.21. The van der Waals surface area contributed by atoms with Crippen LogP contribution in [0.4, 0.5) is 5.69 Å². The lowest BCUT2D eigenvalue weighted by Crippen LogP contribution is -2.28. The molecule has 1 N–H and O–H groups in total. The van der Waals surface area contributed by atoms with E-state index >= 15 is 0 Å². The van der Waals surface area contributed by atoms with Crippen LogP contribution >= 0.6 is 0 Å². The zero-order valence-electron chi connectivity index (χ0n) is 16.1. The van der Waals surface area contributed by atoms with E-state index in [1.807, 2.05) is 19.1 Å². The molecule has 7 heteroatoms. The number of nitrogens with zero attached hydrogens (tertiary/aromatic N) is 2. The zero-order chi connectivity index (χ0) is 20.0. The molecular formula is C20H26N3O3S-. The third kappa shape index (κ3) is 6.45. The van der Waals surface area contributed by atoms with E-state index in [-0.39, 0.29) is 17.8 Å². The van der Waals surface area contributed by atoms with Crippen LogP contribution in [0.2, 0.25) is 0 Å². The quantitative estimate of drug-likeness (QED) is 0.703. The summed E-state index contributed by atoms with van der Waals surface area (Å²) in [4.78, 5) is 18.2. The minimum Gasteiger partial charge on any atom is -0.771 e. The molecule has 0 aliphatic heterocycles. The van der Waals surface area contributed by atoms with Crippen LogP contribution in [0, 0.1) is 0 Å². The standard InChI is InChI=1S/C20H27N3O3S/c1-14(2)17-7-5-16(6-8-17)11-20(24)22-15(3)19-10-9-18(12-21-19)23(4)13-27(25)26/h5-10,12,14-15H,11,13H2,1-4H3,(H,22,24)(H,25,26)/p-1/t15-/m1/s1. The first-order chi connectivity index (χ1) is 12.8. The topological polar surface area (TPSA) is 85.4 Å². The van der Waals surface area contributed by atoms with E-state index in [0.29, 0.717) is 18.0 Å². The Morgan fingerprint density at radius 3 is 2.37 bits per heavy atom. The predicted molar refractivity (Wildman–Crippen MR) is 107 cm³/mol. The van der Waals surface area contributed by atoms with E-state index in [1.54, 1.807) is 30.3 Å². The normalized spacial score (nSPS) is 13.3. The number of anilines is 1. The Morgan fingerprint density at radius 2 is 1.85 bits per heavy atom. The van der Waals surface area contributed by atoms with Crippen molar-refractivity contribution in [3.63, 3.8) is 0 Å². The van der Waals surface area contributed by atoms with Gasteiger partial charge in [-0.2, -0.15) is 0 Å². The van der Waals surface area contributed by atoms with Gasteiger partial charge in [-0.05, 0) is 47.2 Å². The van der Waals surface area contributed by atoms with Gasteiger partial charge in [-0.3, -0.25) is 14.0 Å². The molecule has 0 saturated heterocycles. The van der Waals surface area contributed by atoms with E-state index in [1.165, 1.54) is 5.56 Å². The first kappa shape index (κ1) is 21.1. The van der Waals surface area contributed by atoms with Gasteiger partial charge in [-0.15, -0.1) is 0 Å². The van der Waals surface area contributed by atoms with Gasteiger partial charge in [0, 0.05) is 7.05 Å². The Labute approximate surface area is 163 Å².